The molecule has 1 aromatic heterocycles. The van der Waals surface area contributed by atoms with E-state index in [9.17, 15) is 4.79 Å². The van der Waals surface area contributed by atoms with Crippen LogP contribution in [0.1, 0.15) is 42.0 Å². The van der Waals surface area contributed by atoms with Crippen LogP contribution in [0.15, 0.2) is 42.5 Å². The molecule has 0 saturated carbocycles. The summed E-state index contributed by atoms with van der Waals surface area (Å²) < 4.78 is 6.70. The highest BCUT2D eigenvalue weighted by molar-refractivity contribution is 5.89. The minimum Gasteiger partial charge on any atom is -0.461 e. The van der Waals surface area contributed by atoms with Crippen molar-refractivity contribution in [1.82, 2.24) is 15.0 Å². The molecule has 0 atom stereocenters. The second kappa shape index (κ2) is 10.4. The summed E-state index contributed by atoms with van der Waals surface area (Å²) in [4.78, 5) is 28.3. The van der Waals surface area contributed by atoms with E-state index >= 15 is 0 Å². The third-order valence-electron chi connectivity index (χ3n) is 3.73. The van der Waals surface area contributed by atoms with E-state index in [1.165, 1.54) is 5.39 Å². The second-order valence-corrected chi connectivity index (χ2v) is 5.58. The number of carbonyl (C=O) groups excluding carboxylic acids is 3. The Hall–Kier alpha value is -3.75. The van der Waals surface area contributed by atoms with E-state index in [0.29, 0.717) is 18.7 Å². The van der Waals surface area contributed by atoms with Gasteiger partial charge in [0, 0.05) is 6.42 Å². The molecule has 0 aliphatic heterocycles. The van der Waals surface area contributed by atoms with Crippen LogP contribution in [0.3, 0.4) is 0 Å². The van der Waals surface area contributed by atoms with Crippen LogP contribution >= 0.6 is 0 Å². The minimum atomic E-state index is -0.493. The predicted molar refractivity (Wildman–Crippen MR) is 101 cm³/mol. The molecule has 0 radical (unpaired) electrons. The SMILES string of the molecule is CCC#Cc1c(C(=O)OCC)nnn1Cc1ccc2ccccc2c1.O=C=O. The van der Waals surface area contributed by atoms with Crippen LogP contribution in [0.2, 0.25) is 0 Å². The molecule has 0 fully saturated rings. The zero-order chi connectivity index (χ0) is 20.4. The summed E-state index contributed by atoms with van der Waals surface area (Å²) in [6, 6.07) is 14.4. The molecule has 0 amide bonds. The zero-order valence-electron chi connectivity index (χ0n) is 15.6. The maximum Gasteiger partial charge on any atom is 0.373 e. The van der Waals surface area contributed by atoms with Crippen molar-refractivity contribution in [3.05, 3.63) is 59.4 Å². The van der Waals surface area contributed by atoms with Crippen molar-refractivity contribution >= 4 is 22.9 Å². The van der Waals surface area contributed by atoms with Gasteiger partial charge in [0.25, 0.3) is 0 Å². The Bertz CT molecular complexity index is 1050. The molecule has 2 aromatic carbocycles. The Balaban J connectivity index is 0.000000878. The van der Waals surface area contributed by atoms with Crippen LogP contribution in [0, 0.1) is 11.8 Å². The summed E-state index contributed by atoms with van der Waals surface area (Å²) >= 11 is 0. The topological polar surface area (TPSA) is 91.2 Å². The lowest BCUT2D eigenvalue weighted by atomic mass is 10.1. The number of ether oxygens (including phenoxy) is 1. The van der Waals surface area contributed by atoms with Gasteiger partial charge in [-0.25, -0.2) is 9.48 Å². The van der Waals surface area contributed by atoms with Crippen LogP contribution in [0.25, 0.3) is 10.8 Å². The van der Waals surface area contributed by atoms with Gasteiger partial charge >= 0.3 is 12.1 Å². The van der Waals surface area contributed by atoms with E-state index in [2.05, 4.69) is 46.4 Å². The molecule has 0 aliphatic rings. The van der Waals surface area contributed by atoms with E-state index in [0.717, 1.165) is 10.9 Å². The Morgan fingerprint density at radius 1 is 1.11 bits per heavy atom. The summed E-state index contributed by atoms with van der Waals surface area (Å²) in [5, 5.41) is 10.4. The molecule has 7 nitrogen and oxygen atoms in total. The van der Waals surface area contributed by atoms with E-state index in [4.69, 9.17) is 14.3 Å². The highest BCUT2D eigenvalue weighted by atomic mass is 16.5. The quantitative estimate of drug-likeness (QED) is 0.513. The van der Waals surface area contributed by atoms with Crippen molar-refractivity contribution in [2.24, 2.45) is 0 Å². The summed E-state index contributed by atoms with van der Waals surface area (Å²) in [6.45, 7) is 4.49. The molecule has 1 heterocycles. The predicted octanol–water partition coefficient (Wildman–Crippen LogP) is 2.83. The Kier molecular flexibility index (Phi) is 7.64. The highest BCUT2D eigenvalue weighted by Gasteiger charge is 2.19. The average Bonchev–Trinajstić information content (AvgIpc) is 3.09. The first-order valence-electron chi connectivity index (χ1n) is 8.71. The lowest BCUT2D eigenvalue weighted by molar-refractivity contribution is -0.191. The number of benzene rings is 2. The molecule has 0 saturated heterocycles. The van der Waals surface area contributed by atoms with Gasteiger partial charge in [-0.15, -0.1) is 5.10 Å². The highest BCUT2D eigenvalue weighted by Crippen LogP contribution is 2.17. The standard InChI is InChI=1S/C20H19N3O2.CO2/c1-3-5-10-18-19(20(24)25-4-2)21-22-23(18)14-15-11-12-16-8-6-7-9-17(16)13-15;2-1-3/h6-9,11-13H,3-4,14H2,1-2H3;. The van der Waals surface area contributed by atoms with Crippen molar-refractivity contribution < 1.29 is 19.1 Å². The van der Waals surface area contributed by atoms with Gasteiger partial charge in [-0.1, -0.05) is 54.5 Å². The van der Waals surface area contributed by atoms with Gasteiger partial charge < -0.3 is 4.74 Å². The normalized spacial score (nSPS) is 9.50. The van der Waals surface area contributed by atoms with Crippen molar-refractivity contribution in [3.63, 3.8) is 0 Å². The summed E-state index contributed by atoms with van der Waals surface area (Å²) in [6.07, 6.45) is 0.934. The fourth-order valence-electron chi connectivity index (χ4n) is 2.57. The fraction of sp³-hybridized carbons (Fsp3) is 0.238. The smallest absolute Gasteiger partial charge is 0.373 e. The Morgan fingerprint density at radius 3 is 2.50 bits per heavy atom. The number of fused-ring (bicyclic) bond motifs is 1. The summed E-state index contributed by atoms with van der Waals surface area (Å²) in [5.41, 5.74) is 1.73. The minimum absolute atomic E-state index is 0.170. The number of nitrogens with zero attached hydrogens (tertiary/aromatic N) is 3. The van der Waals surface area contributed by atoms with Crippen molar-refractivity contribution in [2.75, 3.05) is 6.61 Å². The van der Waals surface area contributed by atoms with Gasteiger partial charge in [0.05, 0.1) is 13.2 Å². The van der Waals surface area contributed by atoms with Crippen LogP contribution in [-0.4, -0.2) is 33.7 Å². The number of hydrogen-bond acceptors (Lipinski definition) is 6. The third-order valence-corrected chi connectivity index (χ3v) is 3.73. The molecule has 28 heavy (non-hydrogen) atoms. The van der Waals surface area contributed by atoms with E-state index in [1.54, 1.807) is 11.6 Å². The zero-order valence-corrected chi connectivity index (χ0v) is 15.6. The number of carbonyl (C=O) groups is 1. The number of esters is 1. The van der Waals surface area contributed by atoms with Gasteiger partial charge in [-0.05, 0) is 35.2 Å². The summed E-state index contributed by atoms with van der Waals surface area (Å²) in [7, 11) is 0. The first-order chi connectivity index (χ1) is 13.6. The van der Waals surface area contributed by atoms with Gasteiger partial charge in [0.1, 0.15) is 5.69 Å². The van der Waals surface area contributed by atoms with Gasteiger partial charge in [-0.3, -0.25) is 0 Å². The molecule has 0 aliphatic carbocycles. The largest absolute Gasteiger partial charge is 0.461 e. The lowest BCUT2D eigenvalue weighted by Gasteiger charge is -2.05. The third kappa shape index (κ3) is 5.13. The van der Waals surface area contributed by atoms with Crippen molar-refractivity contribution in [1.29, 1.82) is 0 Å². The van der Waals surface area contributed by atoms with Crippen molar-refractivity contribution in [2.45, 2.75) is 26.8 Å². The number of rotatable bonds is 4. The lowest BCUT2D eigenvalue weighted by Crippen LogP contribution is -2.09. The van der Waals surface area contributed by atoms with E-state index in [-0.39, 0.29) is 18.5 Å². The van der Waals surface area contributed by atoms with Crippen LogP contribution in [0.4, 0.5) is 0 Å². The van der Waals surface area contributed by atoms with Crippen LogP contribution in [0.5, 0.6) is 0 Å². The average molecular weight is 377 g/mol. The molecule has 3 rings (SSSR count). The first-order valence-corrected chi connectivity index (χ1v) is 8.71. The first kappa shape index (κ1) is 20.6. The Labute approximate surface area is 162 Å². The molecular formula is C21H19N3O4. The molecule has 0 unspecified atom stereocenters. The van der Waals surface area contributed by atoms with Crippen LogP contribution in [-0.2, 0) is 20.9 Å². The van der Waals surface area contributed by atoms with E-state index in [1.807, 2.05) is 25.1 Å². The monoisotopic (exact) mass is 377 g/mol. The van der Waals surface area contributed by atoms with Crippen LogP contribution < -0.4 is 0 Å². The molecular weight excluding hydrogens is 358 g/mol. The van der Waals surface area contributed by atoms with Gasteiger partial charge in [-0.2, -0.15) is 9.59 Å². The maximum atomic E-state index is 12.1. The molecule has 7 heteroatoms. The molecule has 3 aromatic rings. The van der Waals surface area contributed by atoms with Gasteiger partial charge in [0.15, 0.2) is 0 Å². The molecule has 0 spiro atoms. The maximum absolute atomic E-state index is 12.1. The molecule has 0 bridgehead atoms. The van der Waals surface area contributed by atoms with Gasteiger partial charge in [0.2, 0.25) is 5.69 Å². The molecule has 142 valence electrons. The number of hydrogen-bond donors (Lipinski definition) is 0. The molecule has 0 N–H and O–H groups in total. The van der Waals surface area contributed by atoms with E-state index < -0.39 is 5.97 Å². The number of aromatic nitrogens is 3. The Morgan fingerprint density at radius 2 is 1.82 bits per heavy atom. The fourth-order valence-corrected chi connectivity index (χ4v) is 2.57. The van der Waals surface area contributed by atoms with Crippen molar-refractivity contribution in [3.8, 4) is 11.8 Å². The second-order valence-electron chi connectivity index (χ2n) is 5.58. The summed E-state index contributed by atoms with van der Waals surface area (Å²) in [5.74, 6) is 5.49.